The standard InChI is InChI=1S/C7H13NO4/c1-4(9)5(8-2)3-6(10)7(11)12/h5-6,8,10H,3H2,1-2H3,(H,11,12). The van der Waals surface area contributed by atoms with Gasteiger partial charge in [0.05, 0.1) is 6.04 Å². The third kappa shape index (κ3) is 3.45. The van der Waals surface area contributed by atoms with E-state index in [-0.39, 0.29) is 12.2 Å². The number of rotatable bonds is 5. The van der Waals surface area contributed by atoms with E-state index >= 15 is 0 Å². The van der Waals surface area contributed by atoms with Crippen LogP contribution in [0.4, 0.5) is 0 Å². The number of aliphatic carboxylic acids is 1. The van der Waals surface area contributed by atoms with Crippen molar-refractivity contribution in [3.63, 3.8) is 0 Å². The van der Waals surface area contributed by atoms with Crippen molar-refractivity contribution in [3.8, 4) is 0 Å². The van der Waals surface area contributed by atoms with Gasteiger partial charge in [-0.2, -0.15) is 0 Å². The van der Waals surface area contributed by atoms with Crippen molar-refractivity contribution in [2.75, 3.05) is 7.05 Å². The van der Waals surface area contributed by atoms with Crippen LogP contribution in [0.2, 0.25) is 0 Å². The number of likely N-dealkylation sites (N-methyl/N-ethyl adjacent to an activating group) is 1. The topological polar surface area (TPSA) is 86.6 Å². The van der Waals surface area contributed by atoms with Gasteiger partial charge in [-0.15, -0.1) is 0 Å². The van der Waals surface area contributed by atoms with Gasteiger partial charge in [-0.1, -0.05) is 0 Å². The zero-order chi connectivity index (χ0) is 9.72. The van der Waals surface area contributed by atoms with E-state index in [0.717, 1.165) is 0 Å². The lowest BCUT2D eigenvalue weighted by Crippen LogP contribution is -2.38. The molecule has 0 aliphatic carbocycles. The Balaban J connectivity index is 4.02. The molecule has 0 aliphatic heterocycles. The first-order valence-corrected chi connectivity index (χ1v) is 3.57. The molecule has 0 fully saturated rings. The summed E-state index contributed by atoms with van der Waals surface area (Å²) in [6, 6.07) is -0.587. The average Bonchev–Trinajstić information content (AvgIpc) is 1.98. The molecule has 5 nitrogen and oxygen atoms in total. The number of carbonyl (C=O) groups excluding carboxylic acids is 1. The Bertz CT molecular complexity index is 180. The minimum Gasteiger partial charge on any atom is -0.479 e. The zero-order valence-corrected chi connectivity index (χ0v) is 7.07. The summed E-state index contributed by atoms with van der Waals surface area (Å²) in [5.74, 6) is -1.49. The van der Waals surface area contributed by atoms with Crippen molar-refractivity contribution in [2.24, 2.45) is 0 Å². The second kappa shape index (κ2) is 4.84. The molecule has 0 rings (SSSR count). The van der Waals surface area contributed by atoms with E-state index in [0.29, 0.717) is 0 Å². The molecule has 0 radical (unpaired) electrons. The molecule has 0 spiro atoms. The Morgan fingerprint density at radius 3 is 2.25 bits per heavy atom. The number of hydrogen-bond donors (Lipinski definition) is 3. The second-order valence-corrected chi connectivity index (χ2v) is 2.54. The highest BCUT2D eigenvalue weighted by molar-refractivity contribution is 5.82. The minimum atomic E-state index is -1.48. The third-order valence-electron chi connectivity index (χ3n) is 1.58. The van der Waals surface area contributed by atoms with Crippen LogP contribution in [0.15, 0.2) is 0 Å². The van der Waals surface area contributed by atoms with Gasteiger partial charge < -0.3 is 15.5 Å². The van der Waals surface area contributed by atoms with Gasteiger partial charge >= 0.3 is 5.97 Å². The quantitative estimate of drug-likeness (QED) is 0.499. The van der Waals surface area contributed by atoms with Gasteiger partial charge in [0.1, 0.15) is 5.78 Å². The lowest BCUT2D eigenvalue weighted by Gasteiger charge is -2.13. The summed E-state index contributed by atoms with van der Waals surface area (Å²) in [7, 11) is 1.54. The number of aliphatic hydroxyl groups excluding tert-OH is 1. The van der Waals surface area contributed by atoms with Crippen molar-refractivity contribution >= 4 is 11.8 Å². The molecule has 0 saturated carbocycles. The maximum atomic E-state index is 10.8. The molecule has 0 saturated heterocycles. The number of carboxylic acid groups (broad SMARTS) is 1. The Morgan fingerprint density at radius 2 is 2.00 bits per heavy atom. The summed E-state index contributed by atoms with van der Waals surface area (Å²) in [5.41, 5.74) is 0. The summed E-state index contributed by atoms with van der Waals surface area (Å²) in [5, 5.41) is 19.8. The van der Waals surface area contributed by atoms with Crippen LogP contribution in [0.25, 0.3) is 0 Å². The molecule has 0 bridgehead atoms. The normalized spacial score (nSPS) is 15.2. The average molecular weight is 175 g/mol. The minimum absolute atomic E-state index is 0.0961. The maximum Gasteiger partial charge on any atom is 0.332 e. The van der Waals surface area contributed by atoms with Crippen LogP contribution in [0.3, 0.4) is 0 Å². The van der Waals surface area contributed by atoms with Gasteiger partial charge in [0.2, 0.25) is 0 Å². The summed E-state index contributed by atoms with van der Waals surface area (Å²) in [6.45, 7) is 1.34. The molecular weight excluding hydrogens is 162 g/mol. The molecule has 0 aliphatic rings. The molecule has 0 amide bonds. The molecule has 2 atom stereocenters. The Hall–Kier alpha value is -0.940. The third-order valence-corrected chi connectivity index (χ3v) is 1.58. The van der Waals surface area contributed by atoms with Crippen LogP contribution in [0.5, 0.6) is 0 Å². The predicted octanol–water partition coefficient (Wildman–Crippen LogP) is -1.00. The van der Waals surface area contributed by atoms with Crippen LogP contribution in [-0.2, 0) is 9.59 Å². The lowest BCUT2D eigenvalue weighted by atomic mass is 10.1. The van der Waals surface area contributed by atoms with Crippen molar-refractivity contribution < 1.29 is 19.8 Å². The summed E-state index contributed by atoms with van der Waals surface area (Å²) < 4.78 is 0. The first kappa shape index (κ1) is 11.1. The van der Waals surface area contributed by atoms with Gasteiger partial charge in [0.15, 0.2) is 6.10 Å². The number of ketones is 1. The maximum absolute atomic E-state index is 10.8. The fraction of sp³-hybridized carbons (Fsp3) is 0.714. The van der Waals surface area contributed by atoms with Gasteiger partial charge in [-0.25, -0.2) is 4.79 Å². The fourth-order valence-electron chi connectivity index (χ4n) is 0.811. The molecule has 0 aromatic heterocycles. The van der Waals surface area contributed by atoms with E-state index in [1.165, 1.54) is 6.92 Å². The number of nitrogens with one attached hydrogen (secondary N) is 1. The molecule has 3 N–H and O–H groups in total. The van der Waals surface area contributed by atoms with E-state index in [9.17, 15) is 9.59 Å². The highest BCUT2D eigenvalue weighted by Crippen LogP contribution is 1.99. The van der Waals surface area contributed by atoms with Crippen LogP contribution >= 0.6 is 0 Å². The van der Waals surface area contributed by atoms with Crippen LogP contribution in [0.1, 0.15) is 13.3 Å². The molecular formula is C7H13NO4. The molecule has 70 valence electrons. The summed E-state index contributed by atoms with van der Waals surface area (Å²) >= 11 is 0. The lowest BCUT2D eigenvalue weighted by molar-refractivity contribution is -0.147. The first-order valence-electron chi connectivity index (χ1n) is 3.57. The smallest absolute Gasteiger partial charge is 0.332 e. The second-order valence-electron chi connectivity index (χ2n) is 2.54. The van der Waals surface area contributed by atoms with Crippen LogP contribution < -0.4 is 5.32 Å². The molecule has 5 heteroatoms. The summed E-state index contributed by atoms with van der Waals surface area (Å²) in [6.07, 6.45) is -1.58. The van der Waals surface area contributed by atoms with E-state index in [1.54, 1.807) is 7.05 Å². The fourth-order valence-corrected chi connectivity index (χ4v) is 0.811. The molecule has 12 heavy (non-hydrogen) atoms. The van der Waals surface area contributed by atoms with Crippen LogP contribution in [-0.4, -0.2) is 41.2 Å². The predicted molar refractivity (Wildman–Crippen MR) is 41.8 cm³/mol. The van der Waals surface area contributed by atoms with E-state index < -0.39 is 18.1 Å². The summed E-state index contributed by atoms with van der Waals surface area (Å²) in [4.78, 5) is 21.0. The van der Waals surface area contributed by atoms with E-state index in [1.807, 2.05) is 0 Å². The number of hydrogen-bond acceptors (Lipinski definition) is 4. The van der Waals surface area contributed by atoms with Gasteiger partial charge in [-0.05, 0) is 14.0 Å². The van der Waals surface area contributed by atoms with Crippen molar-refractivity contribution in [1.82, 2.24) is 5.32 Å². The Kier molecular flexibility index (Phi) is 4.46. The van der Waals surface area contributed by atoms with Gasteiger partial charge in [0.25, 0.3) is 0 Å². The van der Waals surface area contributed by atoms with E-state index in [2.05, 4.69) is 5.32 Å². The number of carboxylic acids is 1. The highest BCUT2D eigenvalue weighted by atomic mass is 16.4. The van der Waals surface area contributed by atoms with Crippen molar-refractivity contribution in [1.29, 1.82) is 0 Å². The van der Waals surface area contributed by atoms with E-state index in [4.69, 9.17) is 10.2 Å². The molecule has 0 aromatic carbocycles. The largest absolute Gasteiger partial charge is 0.479 e. The molecule has 0 aromatic rings. The number of Topliss-reactive ketones (excluding diaryl/α,β-unsaturated/α-hetero) is 1. The van der Waals surface area contributed by atoms with Gasteiger partial charge in [-0.3, -0.25) is 4.79 Å². The number of aliphatic hydroxyl groups is 1. The Labute approximate surface area is 70.4 Å². The van der Waals surface area contributed by atoms with Crippen LogP contribution in [0, 0.1) is 0 Å². The first-order chi connectivity index (χ1) is 5.49. The monoisotopic (exact) mass is 175 g/mol. The van der Waals surface area contributed by atoms with Gasteiger partial charge in [0, 0.05) is 6.42 Å². The van der Waals surface area contributed by atoms with Crippen molar-refractivity contribution in [3.05, 3.63) is 0 Å². The zero-order valence-electron chi connectivity index (χ0n) is 7.07. The molecule has 2 unspecified atom stereocenters. The SMILES string of the molecule is CNC(CC(O)C(=O)O)C(C)=O. The Morgan fingerprint density at radius 1 is 1.50 bits per heavy atom. The highest BCUT2D eigenvalue weighted by Gasteiger charge is 2.21. The number of carbonyl (C=O) groups is 2. The van der Waals surface area contributed by atoms with Crippen molar-refractivity contribution in [2.45, 2.75) is 25.5 Å². The molecule has 0 heterocycles.